The van der Waals surface area contributed by atoms with Crippen LogP contribution < -0.4 is 4.74 Å². The quantitative estimate of drug-likeness (QED) is 0.771. The number of benzene rings is 1. The van der Waals surface area contributed by atoms with Crippen LogP contribution >= 0.6 is 0 Å². The molecular formula is C15H16N2O. The van der Waals surface area contributed by atoms with E-state index < -0.39 is 0 Å². The molecule has 0 aliphatic rings. The summed E-state index contributed by atoms with van der Waals surface area (Å²) in [5, 5.41) is 4.20. The molecule has 1 aromatic carbocycles. The van der Waals surface area contributed by atoms with Crippen molar-refractivity contribution >= 4 is 0 Å². The fourth-order valence-electron chi connectivity index (χ4n) is 1.46. The first kappa shape index (κ1) is 12.3. The second-order valence-corrected chi connectivity index (χ2v) is 4.21. The standard InChI is InChI=1S/C15H16N2O/c1-13(2)17-12-15(11-16-17)18-10-6-9-14-7-4-3-5-8-14/h3-5,7-8,11-13H,10H2,1-2H3. The van der Waals surface area contributed by atoms with Gasteiger partial charge in [-0.15, -0.1) is 0 Å². The van der Waals surface area contributed by atoms with Crippen molar-refractivity contribution in [2.75, 3.05) is 6.61 Å². The molecule has 0 aliphatic heterocycles. The Morgan fingerprint density at radius 2 is 2.06 bits per heavy atom. The highest BCUT2D eigenvalue weighted by Crippen LogP contribution is 2.11. The highest BCUT2D eigenvalue weighted by Gasteiger charge is 2.00. The Kier molecular flexibility index (Phi) is 4.03. The normalized spacial score (nSPS) is 9.94. The van der Waals surface area contributed by atoms with Crippen LogP contribution in [0.15, 0.2) is 42.7 Å². The van der Waals surface area contributed by atoms with Crippen LogP contribution in [0.25, 0.3) is 0 Å². The Hall–Kier alpha value is -2.21. The fourth-order valence-corrected chi connectivity index (χ4v) is 1.46. The van der Waals surface area contributed by atoms with Crippen LogP contribution in [0, 0.1) is 11.8 Å². The van der Waals surface area contributed by atoms with Gasteiger partial charge < -0.3 is 4.74 Å². The third-order valence-corrected chi connectivity index (χ3v) is 2.42. The Balaban J connectivity index is 1.87. The molecule has 2 rings (SSSR count). The van der Waals surface area contributed by atoms with Crippen molar-refractivity contribution in [3.8, 4) is 17.6 Å². The second-order valence-electron chi connectivity index (χ2n) is 4.21. The van der Waals surface area contributed by atoms with Gasteiger partial charge in [0.2, 0.25) is 0 Å². The van der Waals surface area contributed by atoms with Crippen molar-refractivity contribution in [2.45, 2.75) is 19.9 Å². The Morgan fingerprint density at radius 3 is 2.72 bits per heavy atom. The maximum absolute atomic E-state index is 5.50. The SMILES string of the molecule is CC(C)n1cc(OCC#Cc2ccccc2)cn1. The van der Waals surface area contributed by atoms with E-state index in [1.165, 1.54) is 0 Å². The molecule has 1 aromatic heterocycles. The molecule has 0 N–H and O–H groups in total. The summed E-state index contributed by atoms with van der Waals surface area (Å²) in [6.45, 7) is 4.52. The van der Waals surface area contributed by atoms with Crippen LogP contribution in [0.5, 0.6) is 5.75 Å². The highest BCUT2D eigenvalue weighted by atomic mass is 16.5. The van der Waals surface area contributed by atoms with Crippen LogP contribution in [0.1, 0.15) is 25.5 Å². The molecule has 0 spiro atoms. The zero-order valence-corrected chi connectivity index (χ0v) is 10.6. The summed E-state index contributed by atoms with van der Waals surface area (Å²) < 4.78 is 7.36. The smallest absolute Gasteiger partial charge is 0.158 e. The van der Waals surface area contributed by atoms with Gasteiger partial charge in [-0.3, -0.25) is 4.68 Å². The lowest BCUT2D eigenvalue weighted by Gasteiger charge is -2.02. The number of rotatable bonds is 3. The first-order chi connectivity index (χ1) is 8.75. The minimum absolute atomic E-state index is 0.345. The van der Waals surface area contributed by atoms with Crippen LogP contribution in [0.4, 0.5) is 0 Å². The van der Waals surface area contributed by atoms with Gasteiger partial charge in [0.1, 0.15) is 6.61 Å². The van der Waals surface area contributed by atoms with Gasteiger partial charge >= 0.3 is 0 Å². The van der Waals surface area contributed by atoms with E-state index in [0.29, 0.717) is 12.6 Å². The van der Waals surface area contributed by atoms with E-state index in [2.05, 4.69) is 30.8 Å². The average molecular weight is 240 g/mol. The van der Waals surface area contributed by atoms with Crippen LogP contribution in [-0.4, -0.2) is 16.4 Å². The maximum Gasteiger partial charge on any atom is 0.158 e. The van der Waals surface area contributed by atoms with Gasteiger partial charge in [0.25, 0.3) is 0 Å². The molecule has 2 aromatic rings. The maximum atomic E-state index is 5.50. The summed E-state index contributed by atoms with van der Waals surface area (Å²) in [5.74, 6) is 6.78. The molecule has 18 heavy (non-hydrogen) atoms. The minimum atomic E-state index is 0.345. The summed E-state index contributed by atoms with van der Waals surface area (Å²) in [6, 6.07) is 10.2. The zero-order valence-electron chi connectivity index (χ0n) is 10.6. The summed E-state index contributed by atoms with van der Waals surface area (Å²) >= 11 is 0. The lowest BCUT2D eigenvalue weighted by molar-refractivity contribution is 0.369. The third-order valence-electron chi connectivity index (χ3n) is 2.42. The van der Waals surface area contributed by atoms with Gasteiger partial charge in [-0.2, -0.15) is 5.10 Å². The highest BCUT2D eigenvalue weighted by molar-refractivity contribution is 5.33. The van der Waals surface area contributed by atoms with Gasteiger partial charge in [0.05, 0.1) is 12.4 Å². The number of nitrogens with zero attached hydrogens (tertiary/aromatic N) is 2. The minimum Gasteiger partial charge on any atom is -0.478 e. The number of ether oxygens (including phenoxy) is 1. The molecule has 0 fully saturated rings. The predicted octanol–water partition coefficient (Wildman–Crippen LogP) is 2.89. The van der Waals surface area contributed by atoms with Gasteiger partial charge in [-0.1, -0.05) is 30.0 Å². The van der Waals surface area contributed by atoms with E-state index in [4.69, 9.17) is 4.74 Å². The molecule has 0 saturated heterocycles. The molecule has 0 radical (unpaired) electrons. The van der Waals surface area contributed by atoms with Crippen LogP contribution in [0.2, 0.25) is 0 Å². The summed E-state index contributed by atoms with van der Waals surface area (Å²) in [4.78, 5) is 0. The number of aromatic nitrogens is 2. The molecule has 3 heteroatoms. The van der Waals surface area contributed by atoms with Crippen molar-refractivity contribution in [2.24, 2.45) is 0 Å². The van der Waals surface area contributed by atoms with Gasteiger partial charge in [-0.05, 0) is 26.0 Å². The molecule has 0 atom stereocenters. The fraction of sp³-hybridized carbons (Fsp3) is 0.267. The third kappa shape index (κ3) is 3.39. The molecule has 0 unspecified atom stereocenters. The number of hydrogen-bond donors (Lipinski definition) is 0. The van der Waals surface area contributed by atoms with Crippen molar-refractivity contribution in [3.05, 3.63) is 48.3 Å². The van der Waals surface area contributed by atoms with Gasteiger partial charge in [0.15, 0.2) is 5.75 Å². The number of hydrogen-bond acceptors (Lipinski definition) is 2. The molecule has 0 aliphatic carbocycles. The average Bonchev–Trinajstić information content (AvgIpc) is 2.85. The summed E-state index contributed by atoms with van der Waals surface area (Å²) in [6.07, 6.45) is 3.60. The predicted molar refractivity (Wildman–Crippen MR) is 71.4 cm³/mol. The van der Waals surface area contributed by atoms with E-state index in [1.807, 2.05) is 41.2 Å². The van der Waals surface area contributed by atoms with Crippen molar-refractivity contribution < 1.29 is 4.74 Å². The van der Waals surface area contributed by atoms with E-state index in [1.54, 1.807) is 6.20 Å². The molecule has 0 saturated carbocycles. The van der Waals surface area contributed by atoms with E-state index in [-0.39, 0.29) is 0 Å². The van der Waals surface area contributed by atoms with E-state index in [0.717, 1.165) is 11.3 Å². The van der Waals surface area contributed by atoms with Crippen LogP contribution in [-0.2, 0) is 0 Å². The largest absolute Gasteiger partial charge is 0.478 e. The second kappa shape index (κ2) is 5.92. The molecule has 0 amide bonds. The Bertz CT molecular complexity index is 547. The van der Waals surface area contributed by atoms with Gasteiger partial charge in [0, 0.05) is 11.6 Å². The lowest BCUT2D eigenvalue weighted by atomic mass is 10.2. The summed E-state index contributed by atoms with van der Waals surface area (Å²) in [7, 11) is 0. The Morgan fingerprint density at radius 1 is 1.28 bits per heavy atom. The zero-order chi connectivity index (χ0) is 12.8. The van der Waals surface area contributed by atoms with Crippen LogP contribution in [0.3, 0.4) is 0 Å². The first-order valence-corrected chi connectivity index (χ1v) is 5.96. The topological polar surface area (TPSA) is 27.1 Å². The van der Waals surface area contributed by atoms with E-state index in [9.17, 15) is 0 Å². The van der Waals surface area contributed by atoms with Crippen molar-refractivity contribution in [3.63, 3.8) is 0 Å². The van der Waals surface area contributed by atoms with E-state index >= 15 is 0 Å². The van der Waals surface area contributed by atoms with Gasteiger partial charge in [-0.25, -0.2) is 0 Å². The van der Waals surface area contributed by atoms with Crippen molar-refractivity contribution in [1.82, 2.24) is 9.78 Å². The monoisotopic (exact) mass is 240 g/mol. The van der Waals surface area contributed by atoms with Crippen molar-refractivity contribution in [1.29, 1.82) is 0 Å². The molecule has 3 nitrogen and oxygen atoms in total. The molecule has 92 valence electrons. The lowest BCUT2D eigenvalue weighted by Crippen LogP contribution is -2.00. The first-order valence-electron chi connectivity index (χ1n) is 5.96. The molecule has 1 heterocycles. The Labute approximate surface area is 107 Å². The summed E-state index contributed by atoms with van der Waals surface area (Å²) in [5.41, 5.74) is 0.999. The molecular weight excluding hydrogens is 224 g/mol. The molecule has 0 bridgehead atoms.